The Hall–Kier alpha value is -0.430. The number of allylic oxidation sites excluding steroid dienone is 4. The van der Waals surface area contributed by atoms with E-state index in [2.05, 4.69) is 45.7 Å². The van der Waals surface area contributed by atoms with Crippen LogP contribution in [0.4, 0.5) is 0 Å². The molecule has 0 nitrogen and oxygen atoms in total. The van der Waals surface area contributed by atoms with E-state index in [1.54, 1.807) is 0 Å². The van der Waals surface area contributed by atoms with Crippen molar-refractivity contribution in [1.82, 2.24) is 0 Å². The van der Waals surface area contributed by atoms with Gasteiger partial charge in [-0.25, -0.2) is 0 Å². The van der Waals surface area contributed by atoms with Crippen molar-refractivity contribution >= 4 is 12.6 Å². The smallest absolute Gasteiger partial charge is 0.0215 e. The van der Waals surface area contributed by atoms with Crippen molar-refractivity contribution in [2.24, 2.45) is 0 Å². The zero-order valence-electron chi connectivity index (χ0n) is 7.72. The fraction of sp³-hybridized carbons (Fsp3) is 0.400. The van der Waals surface area contributed by atoms with Crippen LogP contribution in [0.25, 0.3) is 0 Å². The molecule has 0 heterocycles. The van der Waals surface area contributed by atoms with Gasteiger partial charge in [0.25, 0.3) is 0 Å². The van der Waals surface area contributed by atoms with Crippen molar-refractivity contribution in [3.05, 3.63) is 35.8 Å². The van der Waals surface area contributed by atoms with E-state index in [1.165, 1.54) is 5.57 Å². The molecule has 0 radical (unpaired) electrons. The Morgan fingerprint density at radius 1 is 1.27 bits per heavy atom. The molecule has 0 saturated carbocycles. The quantitative estimate of drug-likeness (QED) is 0.362. The SMILES string of the molecule is C=C.CC/C(C)=C\C=C(/C)S. The molecular formula is C10H18S. The van der Waals surface area contributed by atoms with E-state index in [0.717, 1.165) is 11.3 Å². The lowest BCUT2D eigenvalue weighted by Crippen LogP contribution is -1.67. The fourth-order valence-corrected chi connectivity index (χ4v) is 0.455. The monoisotopic (exact) mass is 170 g/mol. The Labute approximate surface area is 76.1 Å². The molecule has 64 valence electrons. The predicted molar refractivity (Wildman–Crippen MR) is 58.0 cm³/mol. The van der Waals surface area contributed by atoms with Crippen molar-refractivity contribution in [3.8, 4) is 0 Å². The molecule has 0 bridgehead atoms. The second-order valence-electron chi connectivity index (χ2n) is 2.17. The standard InChI is InChI=1S/C8H14S.C2H4/c1-4-7(2)5-6-8(3)9;1-2/h5-6,9H,4H2,1-3H3;1-2H2/b7-5-,8-6+;. The van der Waals surface area contributed by atoms with Crippen LogP contribution in [-0.2, 0) is 0 Å². The molecule has 0 aliphatic heterocycles. The maximum Gasteiger partial charge on any atom is -0.0215 e. The van der Waals surface area contributed by atoms with E-state index < -0.39 is 0 Å². The van der Waals surface area contributed by atoms with Crippen LogP contribution < -0.4 is 0 Å². The van der Waals surface area contributed by atoms with Crippen LogP contribution in [-0.4, -0.2) is 0 Å². The molecule has 0 aliphatic carbocycles. The van der Waals surface area contributed by atoms with E-state index in [4.69, 9.17) is 0 Å². The molecule has 0 aromatic carbocycles. The maximum atomic E-state index is 4.13. The maximum absolute atomic E-state index is 4.13. The fourth-order valence-electron chi connectivity index (χ4n) is 0.381. The summed E-state index contributed by atoms with van der Waals surface area (Å²) in [6, 6.07) is 0. The Balaban J connectivity index is 0. The highest BCUT2D eigenvalue weighted by Crippen LogP contribution is 2.02. The third-order valence-electron chi connectivity index (χ3n) is 1.17. The summed E-state index contributed by atoms with van der Waals surface area (Å²) in [6.45, 7) is 12.2. The van der Waals surface area contributed by atoms with Crippen LogP contribution in [0.15, 0.2) is 35.8 Å². The lowest BCUT2D eigenvalue weighted by atomic mass is 10.2. The lowest BCUT2D eigenvalue weighted by molar-refractivity contribution is 1.10. The molecule has 0 aromatic rings. The zero-order chi connectivity index (χ0) is 9.28. The van der Waals surface area contributed by atoms with Gasteiger partial charge in [-0.1, -0.05) is 24.6 Å². The second kappa shape index (κ2) is 9.57. The normalized spacial score (nSPS) is 12.0. The molecule has 11 heavy (non-hydrogen) atoms. The van der Waals surface area contributed by atoms with Crippen LogP contribution in [0.5, 0.6) is 0 Å². The van der Waals surface area contributed by atoms with Gasteiger partial charge in [0.15, 0.2) is 0 Å². The summed E-state index contributed by atoms with van der Waals surface area (Å²) < 4.78 is 0. The van der Waals surface area contributed by atoms with E-state index >= 15 is 0 Å². The summed E-state index contributed by atoms with van der Waals surface area (Å²) in [5, 5.41) is 0. The molecule has 0 spiro atoms. The molecule has 0 saturated heterocycles. The highest BCUT2D eigenvalue weighted by atomic mass is 32.1. The van der Waals surface area contributed by atoms with E-state index in [1.807, 2.05) is 13.0 Å². The van der Waals surface area contributed by atoms with Crippen molar-refractivity contribution in [2.45, 2.75) is 27.2 Å². The van der Waals surface area contributed by atoms with Crippen molar-refractivity contribution in [3.63, 3.8) is 0 Å². The predicted octanol–water partition coefficient (Wildman–Crippen LogP) is 3.98. The molecular weight excluding hydrogens is 152 g/mol. The summed E-state index contributed by atoms with van der Waals surface area (Å²) in [5.74, 6) is 0. The second-order valence-corrected chi connectivity index (χ2v) is 2.88. The van der Waals surface area contributed by atoms with Gasteiger partial charge in [0, 0.05) is 0 Å². The minimum atomic E-state index is 1.06. The number of hydrogen-bond donors (Lipinski definition) is 1. The Morgan fingerprint density at radius 2 is 1.73 bits per heavy atom. The molecule has 0 atom stereocenters. The molecule has 0 aromatic heterocycles. The van der Waals surface area contributed by atoms with Gasteiger partial charge in [0.2, 0.25) is 0 Å². The first kappa shape index (κ1) is 13.2. The summed E-state index contributed by atoms with van der Waals surface area (Å²) >= 11 is 4.13. The van der Waals surface area contributed by atoms with Crippen LogP contribution in [0.3, 0.4) is 0 Å². The van der Waals surface area contributed by atoms with Crippen LogP contribution in [0, 0.1) is 0 Å². The van der Waals surface area contributed by atoms with Gasteiger partial charge in [-0.2, -0.15) is 0 Å². The lowest BCUT2D eigenvalue weighted by Gasteiger charge is -1.89. The number of rotatable bonds is 2. The summed E-state index contributed by atoms with van der Waals surface area (Å²) in [7, 11) is 0. The van der Waals surface area contributed by atoms with Crippen molar-refractivity contribution < 1.29 is 0 Å². The summed E-state index contributed by atoms with van der Waals surface area (Å²) in [4.78, 5) is 1.06. The Kier molecular flexibility index (Phi) is 11.5. The van der Waals surface area contributed by atoms with Gasteiger partial charge in [0.05, 0.1) is 0 Å². The zero-order valence-corrected chi connectivity index (χ0v) is 8.62. The van der Waals surface area contributed by atoms with E-state index in [9.17, 15) is 0 Å². The third kappa shape index (κ3) is 12.7. The number of hydrogen-bond acceptors (Lipinski definition) is 1. The van der Waals surface area contributed by atoms with E-state index in [-0.39, 0.29) is 0 Å². The van der Waals surface area contributed by atoms with Crippen molar-refractivity contribution in [2.75, 3.05) is 0 Å². The third-order valence-corrected chi connectivity index (χ3v) is 1.32. The van der Waals surface area contributed by atoms with Crippen molar-refractivity contribution in [1.29, 1.82) is 0 Å². The minimum Gasteiger partial charge on any atom is -0.148 e. The Morgan fingerprint density at radius 3 is 2.00 bits per heavy atom. The van der Waals surface area contributed by atoms with Crippen LogP contribution in [0.1, 0.15) is 27.2 Å². The van der Waals surface area contributed by atoms with E-state index in [0.29, 0.717) is 0 Å². The van der Waals surface area contributed by atoms with Crippen LogP contribution >= 0.6 is 12.6 Å². The molecule has 0 rings (SSSR count). The average molecular weight is 170 g/mol. The highest BCUT2D eigenvalue weighted by Gasteiger charge is 1.78. The first-order valence-electron chi connectivity index (χ1n) is 3.69. The first-order valence-corrected chi connectivity index (χ1v) is 4.14. The minimum absolute atomic E-state index is 1.06. The van der Waals surface area contributed by atoms with Gasteiger partial charge < -0.3 is 0 Å². The average Bonchev–Trinajstić information content (AvgIpc) is 2.04. The van der Waals surface area contributed by atoms with Gasteiger partial charge in [-0.3, -0.25) is 0 Å². The van der Waals surface area contributed by atoms with Gasteiger partial charge in [0.1, 0.15) is 0 Å². The summed E-state index contributed by atoms with van der Waals surface area (Å²) in [6.07, 6.45) is 5.24. The van der Waals surface area contributed by atoms with Crippen LogP contribution in [0.2, 0.25) is 0 Å². The largest absolute Gasteiger partial charge is 0.148 e. The molecule has 0 unspecified atom stereocenters. The molecule has 1 heteroatoms. The number of thiol groups is 1. The highest BCUT2D eigenvalue weighted by molar-refractivity contribution is 7.84. The van der Waals surface area contributed by atoms with Gasteiger partial charge in [-0.05, 0) is 25.2 Å². The topological polar surface area (TPSA) is 0 Å². The van der Waals surface area contributed by atoms with Gasteiger partial charge >= 0.3 is 0 Å². The molecule has 0 amide bonds. The Bertz CT molecular complexity index is 139. The molecule has 0 fully saturated rings. The summed E-state index contributed by atoms with van der Waals surface area (Å²) in [5.41, 5.74) is 1.39. The first-order chi connectivity index (χ1) is 5.16. The molecule has 0 aliphatic rings. The van der Waals surface area contributed by atoms with Gasteiger partial charge in [-0.15, -0.1) is 25.8 Å². The molecule has 0 N–H and O–H groups in total.